The van der Waals surface area contributed by atoms with Gasteiger partial charge in [-0.25, -0.2) is 0 Å². The standard InChI is InChI=1S/C10H21.HI.Mg/c1-3-5-7-9-10-8-6-4-2;;/h1,3-10H2,2H3;1H;/q-1;;+2/p-1. The van der Waals surface area contributed by atoms with Crippen LogP contribution >= 0.6 is 0 Å². The van der Waals surface area contributed by atoms with Crippen molar-refractivity contribution in [2.45, 2.75) is 58.3 Å². The van der Waals surface area contributed by atoms with Crippen molar-refractivity contribution in [3.63, 3.8) is 0 Å². The van der Waals surface area contributed by atoms with Crippen LogP contribution in [0.1, 0.15) is 58.3 Å². The third kappa shape index (κ3) is 17.5. The summed E-state index contributed by atoms with van der Waals surface area (Å²) in [7, 11) is 0. The molecular formula is C10H21IMg. The minimum atomic E-state index is 0. The second-order valence-electron chi connectivity index (χ2n) is 2.97. The molecule has 0 N–H and O–H groups in total. The van der Waals surface area contributed by atoms with Gasteiger partial charge in [-0.1, -0.05) is 51.9 Å². The van der Waals surface area contributed by atoms with Gasteiger partial charge in [-0.2, -0.15) is 6.42 Å². The van der Waals surface area contributed by atoms with Crippen molar-refractivity contribution in [3.05, 3.63) is 6.92 Å². The van der Waals surface area contributed by atoms with E-state index in [9.17, 15) is 0 Å². The first kappa shape index (κ1) is 19.1. The van der Waals surface area contributed by atoms with Crippen molar-refractivity contribution in [1.82, 2.24) is 0 Å². The van der Waals surface area contributed by atoms with Gasteiger partial charge in [0.15, 0.2) is 0 Å². The fraction of sp³-hybridized carbons (Fsp3) is 0.900. The SMILES string of the molecule is [CH2-]CCCCCCCCC.[I-].[Mg+2]. The first-order chi connectivity index (χ1) is 4.91. The van der Waals surface area contributed by atoms with E-state index >= 15 is 0 Å². The molecule has 0 rings (SSSR count). The van der Waals surface area contributed by atoms with Gasteiger partial charge >= 0.3 is 23.1 Å². The minimum Gasteiger partial charge on any atom is -1.00 e. The quantitative estimate of drug-likeness (QED) is 0.279. The first-order valence-electron chi connectivity index (χ1n) is 4.71. The van der Waals surface area contributed by atoms with Crippen LogP contribution in [0.25, 0.3) is 0 Å². The molecule has 0 saturated carbocycles. The average Bonchev–Trinajstić information content (AvgIpc) is 1.97. The van der Waals surface area contributed by atoms with Crippen LogP contribution in [0.4, 0.5) is 0 Å². The van der Waals surface area contributed by atoms with Gasteiger partial charge in [0.05, 0.1) is 0 Å². The Labute approximate surface area is 111 Å². The molecule has 0 unspecified atom stereocenters. The Morgan fingerprint density at radius 2 is 1.25 bits per heavy atom. The maximum atomic E-state index is 3.82. The van der Waals surface area contributed by atoms with Gasteiger partial charge in [-0.15, -0.1) is 0 Å². The molecule has 0 aliphatic heterocycles. The molecule has 0 aliphatic rings. The molecule has 12 heavy (non-hydrogen) atoms. The van der Waals surface area contributed by atoms with E-state index in [1.54, 1.807) is 0 Å². The van der Waals surface area contributed by atoms with E-state index in [1.807, 2.05) is 0 Å². The van der Waals surface area contributed by atoms with Crippen molar-refractivity contribution < 1.29 is 24.0 Å². The Balaban J connectivity index is -0.000000405. The summed E-state index contributed by atoms with van der Waals surface area (Å²) in [6.07, 6.45) is 10.9. The zero-order valence-electron chi connectivity index (χ0n) is 8.45. The monoisotopic (exact) mass is 292 g/mol. The predicted molar refractivity (Wildman–Crippen MR) is 53.7 cm³/mol. The number of unbranched alkanes of at least 4 members (excludes halogenated alkanes) is 7. The summed E-state index contributed by atoms with van der Waals surface area (Å²) < 4.78 is 0. The maximum Gasteiger partial charge on any atom is 2.00 e. The molecule has 0 radical (unpaired) electrons. The van der Waals surface area contributed by atoms with Crippen LogP contribution in [0.2, 0.25) is 0 Å². The number of hydrogen-bond donors (Lipinski definition) is 0. The molecule has 2 heteroatoms. The van der Waals surface area contributed by atoms with E-state index in [0.717, 1.165) is 6.42 Å². The van der Waals surface area contributed by atoms with E-state index < -0.39 is 0 Å². The molecule has 0 aromatic carbocycles. The third-order valence-electron chi connectivity index (χ3n) is 1.85. The zero-order chi connectivity index (χ0) is 7.66. The Morgan fingerprint density at radius 1 is 0.833 bits per heavy atom. The van der Waals surface area contributed by atoms with Crippen molar-refractivity contribution >= 4 is 23.1 Å². The maximum absolute atomic E-state index is 3.82. The Morgan fingerprint density at radius 3 is 1.67 bits per heavy atom. The van der Waals surface area contributed by atoms with Gasteiger partial charge < -0.3 is 30.9 Å². The van der Waals surface area contributed by atoms with Crippen molar-refractivity contribution in [3.8, 4) is 0 Å². The average molecular weight is 292 g/mol. The molecule has 0 aromatic rings. The smallest absolute Gasteiger partial charge is 1.00 e. The van der Waals surface area contributed by atoms with E-state index in [0.29, 0.717) is 0 Å². The van der Waals surface area contributed by atoms with Crippen LogP contribution in [-0.2, 0) is 0 Å². The van der Waals surface area contributed by atoms with E-state index in [2.05, 4.69) is 13.8 Å². The van der Waals surface area contributed by atoms with Crippen molar-refractivity contribution in [1.29, 1.82) is 0 Å². The Kier molecular flexibility index (Phi) is 29.2. The van der Waals surface area contributed by atoms with Crippen LogP contribution in [0.15, 0.2) is 0 Å². The molecule has 0 saturated heterocycles. The van der Waals surface area contributed by atoms with Gasteiger partial charge in [-0.3, -0.25) is 0 Å². The molecular weight excluding hydrogens is 271 g/mol. The van der Waals surface area contributed by atoms with Crippen LogP contribution in [-0.4, -0.2) is 23.1 Å². The Bertz CT molecular complexity index is 49.8. The second-order valence-corrected chi connectivity index (χ2v) is 2.97. The van der Waals surface area contributed by atoms with Gasteiger partial charge in [0.1, 0.15) is 0 Å². The number of rotatable bonds is 7. The van der Waals surface area contributed by atoms with Crippen LogP contribution < -0.4 is 24.0 Å². The number of hydrogen-bond acceptors (Lipinski definition) is 0. The Hall–Kier alpha value is 1.50. The van der Waals surface area contributed by atoms with Gasteiger partial charge in [-0.05, 0) is 0 Å². The van der Waals surface area contributed by atoms with Crippen LogP contribution in [0.3, 0.4) is 0 Å². The molecule has 0 aromatic heterocycles. The summed E-state index contributed by atoms with van der Waals surface area (Å²) in [5, 5.41) is 0. The summed E-state index contributed by atoms with van der Waals surface area (Å²) >= 11 is 0. The molecule has 0 heterocycles. The summed E-state index contributed by atoms with van der Waals surface area (Å²) in [6.45, 7) is 6.08. The third-order valence-corrected chi connectivity index (χ3v) is 1.85. The van der Waals surface area contributed by atoms with Crippen LogP contribution in [0, 0.1) is 6.92 Å². The molecule has 70 valence electrons. The van der Waals surface area contributed by atoms with Gasteiger partial charge in [0.25, 0.3) is 0 Å². The molecule has 0 amide bonds. The number of halogens is 1. The van der Waals surface area contributed by atoms with Crippen LogP contribution in [0.5, 0.6) is 0 Å². The molecule has 0 fully saturated rings. The first-order valence-corrected chi connectivity index (χ1v) is 4.71. The van der Waals surface area contributed by atoms with Gasteiger partial charge in [0.2, 0.25) is 0 Å². The molecule has 0 atom stereocenters. The summed E-state index contributed by atoms with van der Waals surface area (Å²) in [5.41, 5.74) is 0. The normalized spacial score (nSPS) is 8.50. The summed E-state index contributed by atoms with van der Waals surface area (Å²) in [6, 6.07) is 0. The van der Waals surface area contributed by atoms with E-state index in [4.69, 9.17) is 0 Å². The molecule has 0 nitrogen and oxygen atoms in total. The topological polar surface area (TPSA) is 0 Å². The van der Waals surface area contributed by atoms with Crippen molar-refractivity contribution in [2.75, 3.05) is 0 Å². The fourth-order valence-electron chi connectivity index (χ4n) is 1.13. The summed E-state index contributed by atoms with van der Waals surface area (Å²) in [4.78, 5) is 0. The fourth-order valence-corrected chi connectivity index (χ4v) is 1.13. The minimum absolute atomic E-state index is 0. The van der Waals surface area contributed by atoms with E-state index in [-0.39, 0.29) is 47.0 Å². The predicted octanol–water partition coefficient (Wildman–Crippen LogP) is 0.584. The molecule has 0 aliphatic carbocycles. The van der Waals surface area contributed by atoms with E-state index in [1.165, 1.54) is 44.9 Å². The molecule has 0 bridgehead atoms. The molecule has 0 spiro atoms. The largest absolute Gasteiger partial charge is 2.00 e. The second kappa shape index (κ2) is 18.3. The van der Waals surface area contributed by atoms with Crippen molar-refractivity contribution in [2.24, 2.45) is 0 Å². The zero-order valence-corrected chi connectivity index (χ0v) is 12.0. The van der Waals surface area contributed by atoms with Gasteiger partial charge in [0, 0.05) is 0 Å². The summed E-state index contributed by atoms with van der Waals surface area (Å²) in [5.74, 6) is 0.